The SMILES string of the molecule is CC(NC1Cc2ccccc2C1)C(=O)NC(N)=O. The molecule has 0 heterocycles. The zero-order valence-corrected chi connectivity index (χ0v) is 10.3. The lowest BCUT2D eigenvalue weighted by atomic mass is 10.1. The number of hydrogen-bond donors (Lipinski definition) is 3. The van der Waals surface area contributed by atoms with E-state index in [1.54, 1.807) is 6.92 Å². The molecule has 2 rings (SSSR count). The van der Waals surface area contributed by atoms with E-state index in [0.29, 0.717) is 0 Å². The van der Waals surface area contributed by atoms with Crippen molar-refractivity contribution in [2.24, 2.45) is 5.73 Å². The Morgan fingerprint density at radius 3 is 2.33 bits per heavy atom. The van der Waals surface area contributed by atoms with Crippen LogP contribution in [0.25, 0.3) is 0 Å². The van der Waals surface area contributed by atoms with Gasteiger partial charge in [0.1, 0.15) is 0 Å². The Balaban J connectivity index is 1.89. The summed E-state index contributed by atoms with van der Waals surface area (Å²) >= 11 is 0. The number of rotatable bonds is 3. The van der Waals surface area contributed by atoms with Crippen LogP contribution in [0.2, 0.25) is 0 Å². The van der Waals surface area contributed by atoms with Crippen LogP contribution < -0.4 is 16.4 Å². The van der Waals surface area contributed by atoms with Gasteiger partial charge in [-0.3, -0.25) is 10.1 Å². The van der Waals surface area contributed by atoms with Crippen molar-refractivity contribution in [3.05, 3.63) is 35.4 Å². The van der Waals surface area contributed by atoms with E-state index < -0.39 is 18.0 Å². The molecule has 0 aliphatic heterocycles. The minimum Gasteiger partial charge on any atom is -0.351 e. The zero-order chi connectivity index (χ0) is 13.1. The van der Waals surface area contributed by atoms with Crippen LogP contribution in [0.15, 0.2) is 24.3 Å². The lowest BCUT2D eigenvalue weighted by molar-refractivity contribution is -0.121. The van der Waals surface area contributed by atoms with Gasteiger partial charge in [0.15, 0.2) is 0 Å². The summed E-state index contributed by atoms with van der Waals surface area (Å²) < 4.78 is 0. The van der Waals surface area contributed by atoms with E-state index in [0.717, 1.165) is 12.8 Å². The van der Waals surface area contributed by atoms with Gasteiger partial charge in [-0.1, -0.05) is 24.3 Å². The van der Waals surface area contributed by atoms with Gasteiger partial charge < -0.3 is 11.1 Å². The third-order valence-electron chi connectivity index (χ3n) is 3.18. The maximum Gasteiger partial charge on any atom is 0.318 e. The highest BCUT2D eigenvalue weighted by atomic mass is 16.2. The van der Waals surface area contributed by atoms with Gasteiger partial charge in [0.25, 0.3) is 0 Å². The predicted octanol–water partition coefficient (Wildman–Crippen LogP) is 0.327. The second-order valence-electron chi connectivity index (χ2n) is 4.62. The molecule has 0 aromatic heterocycles. The second kappa shape index (κ2) is 5.18. The van der Waals surface area contributed by atoms with Crippen LogP contribution in [0.1, 0.15) is 18.1 Å². The fourth-order valence-corrected chi connectivity index (χ4v) is 2.34. The summed E-state index contributed by atoms with van der Waals surface area (Å²) in [6, 6.07) is 7.22. The molecule has 0 fully saturated rings. The topological polar surface area (TPSA) is 84.2 Å². The predicted molar refractivity (Wildman–Crippen MR) is 68.0 cm³/mol. The van der Waals surface area contributed by atoms with Crippen LogP contribution in [-0.4, -0.2) is 24.0 Å². The van der Waals surface area contributed by atoms with Gasteiger partial charge in [-0.2, -0.15) is 0 Å². The van der Waals surface area contributed by atoms with Crippen molar-refractivity contribution in [1.82, 2.24) is 10.6 Å². The Bertz CT molecular complexity index is 448. The summed E-state index contributed by atoms with van der Waals surface area (Å²) in [5.74, 6) is -0.390. The standard InChI is InChI=1S/C13H17N3O2/c1-8(12(17)16-13(14)18)15-11-6-9-4-2-3-5-10(9)7-11/h2-5,8,11,15H,6-7H2,1H3,(H3,14,16,17,18). The molecule has 96 valence electrons. The van der Waals surface area contributed by atoms with Crippen molar-refractivity contribution in [2.75, 3.05) is 0 Å². The van der Waals surface area contributed by atoms with Crippen molar-refractivity contribution in [3.63, 3.8) is 0 Å². The number of carbonyl (C=O) groups is 2. The Labute approximate surface area is 106 Å². The Hall–Kier alpha value is -1.88. The van der Waals surface area contributed by atoms with Crippen LogP contribution in [0.3, 0.4) is 0 Å². The van der Waals surface area contributed by atoms with Crippen molar-refractivity contribution < 1.29 is 9.59 Å². The van der Waals surface area contributed by atoms with Crippen LogP contribution in [0.4, 0.5) is 4.79 Å². The third-order valence-corrected chi connectivity index (χ3v) is 3.18. The Kier molecular flexibility index (Phi) is 3.62. The highest BCUT2D eigenvalue weighted by Crippen LogP contribution is 2.21. The van der Waals surface area contributed by atoms with Crippen LogP contribution in [0.5, 0.6) is 0 Å². The van der Waals surface area contributed by atoms with Crippen LogP contribution >= 0.6 is 0 Å². The molecule has 0 bridgehead atoms. The summed E-state index contributed by atoms with van der Waals surface area (Å²) in [5.41, 5.74) is 7.54. The maximum atomic E-state index is 11.5. The first-order valence-corrected chi connectivity index (χ1v) is 5.99. The molecule has 1 unspecified atom stereocenters. The fraction of sp³-hybridized carbons (Fsp3) is 0.385. The first kappa shape index (κ1) is 12.6. The Morgan fingerprint density at radius 1 is 1.28 bits per heavy atom. The third kappa shape index (κ3) is 2.87. The molecule has 1 aromatic carbocycles. The Morgan fingerprint density at radius 2 is 1.83 bits per heavy atom. The molecule has 1 aromatic rings. The van der Waals surface area contributed by atoms with Crippen LogP contribution in [0, 0.1) is 0 Å². The van der Waals surface area contributed by atoms with Gasteiger partial charge in [0.05, 0.1) is 6.04 Å². The monoisotopic (exact) mass is 247 g/mol. The molecular weight excluding hydrogens is 230 g/mol. The van der Waals surface area contributed by atoms with Gasteiger partial charge in [-0.25, -0.2) is 4.79 Å². The van der Waals surface area contributed by atoms with E-state index >= 15 is 0 Å². The average Bonchev–Trinajstić information content (AvgIpc) is 2.69. The highest BCUT2D eigenvalue weighted by molar-refractivity contribution is 5.96. The minimum absolute atomic E-state index is 0.232. The molecule has 0 saturated carbocycles. The normalized spacial score (nSPS) is 16.1. The van der Waals surface area contributed by atoms with Crippen molar-refractivity contribution in [1.29, 1.82) is 0 Å². The average molecular weight is 247 g/mol. The molecule has 3 amide bonds. The summed E-state index contributed by atoms with van der Waals surface area (Å²) in [6.45, 7) is 1.72. The highest BCUT2D eigenvalue weighted by Gasteiger charge is 2.24. The summed E-state index contributed by atoms with van der Waals surface area (Å²) in [6.07, 6.45) is 1.81. The molecule has 0 spiro atoms. The number of urea groups is 1. The fourth-order valence-electron chi connectivity index (χ4n) is 2.34. The maximum absolute atomic E-state index is 11.5. The molecule has 4 N–H and O–H groups in total. The number of nitrogens with two attached hydrogens (primary N) is 1. The summed E-state index contributed by atoms with van der Waals surface area (Å²) in [4.78, 5) is 22.1. The van der Waals surface area contributed by atoms with Gasteiger partial charge in [0, 0.05) is 6.04 Å². The van der Waals surface area contributed by atoms with E-state index in [2.05, 4.69) is 22.8 Å². The number of carbonyl (C=O) groups excluding carboxylic acids is 2. The molecule has 1 aliphatic carbocycles. The lowest BCUT2D eigenvalue weighted by Crippen LogP contribution is -2.49. The minimum atomic E-state index is -0.816. The molecule has 18 heavy (non-hydrogen) atoms. The summed E-state index contributed by atoms with van der Waals surface area (Å²) in [7, 11) is 0. The number of nitrogens with one attached hydrogen (secondary N) is 2. The molecule has 0 saturated heterocycles. The molecule has 5 heteroatoms. The first-order chi connectivity index (χ1) is 8.56. The molecule has 5 nitrogen and oxygen atoms in total. The number of primary amides is 1. The van der Waals surface area contributed by atoms with Crippen molar-refractivity contribution >= 4 is 11.9 Å². The molecule has 1 aliphatic rings. The molecule has 1 atom stereocenters. The van der Waals surface area contributed by atoms with Crippen molar-refractivity contribution in [3.8, 4) is 0 Å². The second-order valence-corrected chi connectivity index (χ2v) is 4.62. The van der Waals surface area contributed by atoms with Crippen molar-refractivity contribution in [2.45, 2.75) is 31.8 Å². The van der Waals surface area contributed by atoms with Gasteiger partial charge in [-0.05, 0) is 30.9 Å². The van der Waals surface area contributed by atoms with Gasteiger partial charge in [0.2, 0.25) is 5.91 Å². The number of benzene rings is 1. The number of hydrogen-bond acceptors (Lipinski definition) is 3. The van der Waals surface area contributed by atoms with Gasteiger partial charge >= 0.3 is 6.03 Å². The van der Waals surface area contributed by atoms with Gasteiger partial charge in [-0.15, -0.1) is 0 Å². The van der Waals surface area contributed by atoms with E-state index in [-0.39, 0.29) is 6.04 Å². The van der Waals surface area contributed by atoms with E-state index in [1.165, 1.54) is 11.1 Å². The van der Waals surface area contributed by atoms with Crippen LogP contribution in [-0.2, 0) is 17.6 Å². The van der Waals surface area contributed by atoms with E-state index in [1.807, 2.05) is 12.1 Å². The quantitative estimate of drug-likeness (QED) is 0.719. The number of fused-ring (bicyclic) bond motifs is 1. The number of imide groups is 1. The van der Waals surface area contributed by atoms with E-state index in [4.69, 9.17) is 5.73 Å². The first-order valence-electron chi connectivity index (χ1n) is 5.99. The molecule has 0 radical (unpaired) electrons. The largest absolute Gasteiger partial charge is 0.351 e. The summed E-state index contributed by atoms with van der Waals surface area (Å²) in [5, 5.41) is 5.29. The lowest BCUT2D eigenvalue weighted by Gasteiger charge is -2.17. The molecular formula is C13H17N3O2. The smallest absolute Gasteiger partial charge is 0.318 e. The zero-order valence-electron chi connectivity index (χ0n) is 10.3. The number of amides is 3. The van der Waals surface area contributed by atoms with E-state index in [9.17, 15) is 9.59 Å².